The number of hydrogen-bond donors (Lipinski definition) is 0. The molecule has 1 aromatic heterocycles. The highest BCUT2D eigenvalue weighted by Crippen LogP contribution is 2.26. The summed E-state index contributed by atoms with van der Waals surface area (Å²) in [5, 5.41) is -0.398. The minimum Gasteiger partial charge on any atom is -0.379 e. The van der Waals surface area contributed by atoms with Gasteiger partial charge in [-0.2, -0.15) is 0 Å². The fraction of sp³-hybridized carbons (Fsp3) is 0.533. The molecule has 0 radical (unpaired) electrons. The van der Waals surface area contributed by atoms with Crippen LogP contribution >= 0.6 is 11.6 Å². The number of ether oxygens (including phenoxy) is 1. The van der Waals surface area contributed by atoms with Gasteiger partial charge in [-0.25, -0.2) is 13.8 Å². The molecule has 2 aromatic rings. The van der Waals surface area contributed by atoms with Gasteiger partial charge in [0, 0.05) is 19.2 Å². The van der Waals surface area contributed by atoms with E-state index in [-0.39, 0.29) is 5.52 Å². The van der Waals surface area contributed by atoms with Crippen LogP contribution in [0.2, 0.25) is 0 Å². The highest BCUT2D eigenvalue weighted by molar-refractivity contribution is 6.20. The third-order valence-electron chi connectivity index (χ3n) is 3.07. The minimum absolute atomic E-state index is 0.141. The maximum Gasteiger partial charge on any atom is 0.153 e. The third-order valence-corrected chi connectivity index (χ3v) is 3.26. The lowest BCUT2D eigenvalue weighted by Gasteiger charge is -2.12. The van der Waals surface area contributed by atoms with Gasteiger partial charge in [0.15, 0.2) is 5.82 Å². The highest BCUT2D eigenvalue weighted by atomic mass is 35.5. The van der Waals surface area contributed by atoms with E-state index in [9.17, 15) is 8.78 Å². The van der Waals surface area contributed by atoms with Crippen molar-refractivity contribution in [3.63, 3.8) is 0 Å². The van der Waals surface area contributed by atoms with E-state index in [1.165, 1.54) is 6.07 Å². The van der Waals surface area contributed by atoms with Gasteiger partial charge in [-0.15, -0.1) is 11.6 Å². The van der Waals surface area contributed by atoms with E-state index < -0.39 is 17.0 Å². The molecule has 0 saturated heterocycles. The van der Waals surface area contributed by atoms with Crippen molar-refractivity contribution >= 4 is 22.6 Å². The van der Waals surface area contributed by atoms with Gasteiger partial charge in [0.1, 0.15) is 17.2 Å². The summed E-state index contributed by atoms with van der Waals surface area (Å²) in [6.07, 6.45) is 0. The Balaban J connectivity index is 2.32. The van der Waals surface area contributed by atoms with Crippen LogP contribution in [-0.4, -0.2) is 22.8 Å². The number of halogens is 3. The Labute approximate surface area is 127 Å². The van der Waals surface area contributed by atoms with Crippen LogP contribution in [0.5, 0.6) is 0 Å². The van der Waals surface area contributed by atoms with Gasteiger partial charge in [0.2, 0.25) is 0 Å². The molecule has 3 nitrogen and oxygen atoms in total. The quantitative estimate of drug-likeness (QED) is 0.587. The molecule has 2 rings (SSSR count). The number of nitrogens with zero attached hydrogens (tertiary/aromatic N) is 2. The number of rotatable bonds is 6. The molecule has 0 N–H and O–H groups in total. The number of aromatic nitrogens is 2. The van der Waals surface area contributed by atoms with Crippen molar-refractivity contribution < 1.29 is 13.5 Å². The number of imidazole rings is 1. The van der Waals surface area contributed by atoms with Gasteiger partial charge in [0.25, 0.3) is 0 Å². The van der Waals surface area contributed by atoms with Crippen LogP contribution in [0.4, 0.5) is 8.78 Å². The summed E-state index contributed by atoms with van der Waals surface area (Å²) < 4.78 is 34.5. The molecule has 0 aliphatic heterocycles. The molecular weight excluding hydrogens is 298 g/mol. The lowest BCUT2D eigenvalue weighted by Crippen LogP contribution is -2.12. The van der Waals surface area contributed by atoms with Crippen molar-refractivity contribution in [2.75, 3.05) is 13.2 Å². The molecule has 1 atom stereocenters. The van der Waals surface area contributed by atoms with Crippen LogP contribution in [-0.2, 0) is 11.3 Å². The van der Waals surface area contributed by atoms with Crippen molar-refractivity contribution in [1.29, 1.82) is 0 Å². The van der Waals surface area contributed by atoms with Crippen molar-refractivity contribution in [2.24, 2.45) is 5.92 Å². The second kappa shape index (κ2) is 6.71. The van der Waals surface area contributed by atoms with Crippen molar-refractivity contribution in [3.8, 4) is 0 Å². The molecule has 0 spiro atoms. The van der Waals surface area contributed by atoms with Crippen LogP contribution in [0.15, 0.2) is 12.1 Å². The largest absolute Gasteiger partial charge is 0.379 e. The smallest absolute Gasteiger partial charge is 0.153 e. The number of alkyl halides is 1. The van der Waals surface area contributed by atoms with E-state index in [0.717, 1.165) is 6.07 Å². The van der Waals surface area contributed by atoms with E-state index in [0.29, 0.717) is 37.0 Å². The Bertz CT molecular complexity index is 626. The van der Waals surface area contributed by atoms with E-state index in [4.69, 9.17) is 16.3 Å². The van der Waals surface area contributed by atoms with Gasteiger partial charge in [-0.05, 0) is 18.9 Å². The number of benzene rings is 1. The molecule has 116 valence electrons. The molecule has 0 aliphatic rings. The fourth-order valence-electron chi connectivity index (χ4n) is 2.18. The first-order chi connectivity index (χ1) is 9.90. The van der Waals surface area contributed by atoms with E-state index in [1.807, 2.05) is 0 Å². The fourth-order valence-corrected chi connectivity index (χ4v) is 2.35. The molecule has 21 heavy (non-hydrogen) atoms. The summed E-state index contributed by atoms with van der Waals surface area (Å²) in [6, 6.07) is 2.11. The van der Waals surface area contributed by atoms with Crippen LogP contribution in [0.3, 0.4) is 0 Å². The topological polar surface area (TPSA) is 27.1 Å². The summed E-state index contributed by atoms with van der Waals surface area (Å²) in [7, 11) is 0. The highest BCUT2D eigenvalue weighted by Gasteiger charge is 2.18. The van der Waals surface area contributed by atoms with Crippen LogP contribution in [0, 0.1) is 17.6 Å². The summed E-state index contributed by atoms with van der Waals surface area (Å²) in [6.45, 7) is 7.41. The average Bonchev–Trinajstić information content (AvgIpc) is 2.73. The second-order valence-corrected chi connectivity index (χ2v) is 6.12. The monoisotopic (exact) mass is 316 g/mol. The molecule has 0 aliphatic carbocycles. The van der Waals surface area contributed by atoms with Crippen molar-refractivity contribution in [2.45, 2.75) is 32.7 Å². The maximum absolute atomic E-state index is 13.8. The molecule has 0 bridgehead atoms. The molecule has 6 heteroatoms. The zero-order chi connectivity index (χ0) is 15.6. The van der Waals surface area contributed by atoms with E-state index >= 15 is 0 Å². The van der Waals surface area contributed by atoms with Gasteiger partial charge in [-0.1, -0.05) is 13.8 Å². The third kappa shape index (κ3) is 3.71. The lowest BCUT2D eigenvalue weighted by atomic mass is 10.2. The molecule has 1 aromatic carbocycles. The Morgan fingerprint density at radius 1 is 1.29 bits per heavy atom. The minimum atomic E-state index is -0.676. The molecule has 0 amide bonds. The van der Waals surface area contributed by atoms with Gasteiger partial charge in [-0.3, -0.25) is 0 Å². The van der Waals surface area contributed by atoms with Crippen LogP contribution in [0.25, 0.3) is 11.0 Å². The van der Waals surface area contributed by atoms with Gasteiger partial charge < -0.3 is 9.30 Å². The molecule has 1 unspecified atom stereocenters. The summed E-state index contributed by atoms with van der Waals surface area (Å²) >= 11 is 6.09. The van der Waals surface area contributed by atoms with E-state index in [2.05, 4.69) is 18.8 Å². The SMILES string of the molecule is CC(C)COCCn1c(C(C)Cl)nc2c(F)cc(F)cc21. The Morgan fingerprint density at radius 2 is 2.00 bits per heavy atom. The zero-order valence-electron chi connectivity index (χ0n) is 12.4. The maximum atomic E-state index is 13.8. The standard InChI is InChI=1S/C15H19ClF2N2O/c1-9(2)8-21-5-4-20-13-7-11(17)6-12(18)14(13)19-15(20)10(3)16/h6-7,9-10H,4-5,8H2,1-3H3. The summed E-state index contributed by atoms with van der Waals surface area (Å²) in [5.74, 6) is -0.349. The van der Waals surface area contributed by atoms with E-state index in [1.54, 1.807) is 11.5 Å². The Morgan fingerprint density at radius 3 is 2.62 bits per heavy atom. The molecular formula is C15H19ClF2N2O. The average molecular weight is 317 g/mol. The first-order valence-electron chi connectivity index (χ1n) is 6.97. The number of hydrogen-bond acceptors (Lipinski definition) is 2. The zero-order valence-corrected chi connectivity index (χ0v) is 13.1. The lowest BCUT2D eigenvalue weighted by molar-refractivity contribution is 0.103. The predicted octanol–water partition coefficient (Wildman–Crippen LogP) is 4.29. The molecule has 1 heterocycles. The first kappa shape index (κ1) is 16.2. The van der Waals surface area contributed by atoms with Gasteiger partial charge >= 0.3 is 0 Å². The van der Waals surface area contributed by atoms with Crippen LogP contribution < -0.4 is 0 Å². The van der Waals surface area contributed by atoms with Crippen LogP contribution in [0.1, 0.15) is 32.0 Å². The normalized spacial score (nSPS) is 13.3. The predicted molar refractivity (Wildman–Crippen MR) is 79.6 cm³/mol. The molecule has 0 saturated carbocycles. The molecule has 0 fully saturated rings. The Kier molecular flexibility index (Phi) is 5.17. The summed E-state index contributed by atoms with van der Waals surface area (Å²) in [5.41, 5.74) is 0.547. The second-order valence-electron chi connectivity index (χ2n) is 5.46. The van der Waals surface area contributed by atoms with Crippen molar-refractivity contribution in [3.05, 3.63) is 29.6 Å². The number of fused-ring (bicyclic) bond motifs is 1. The first-order valence-corrected chi connectivity index (χ1v) is 7.40. The Hall–Kier alpha value is -1.20. The van der Waals surface area contributed by atoms with Crippen molar-refractivity contribution in [1.82, 2.24) is 9.55 Å². The van der Waals surface area contributed by atoms with Gasteiger partial charge in [0.05, 0.1) is 17.5 Å². The summed E-state index contributed by atoms with van der Waals surface area (Å²) in [4.78, 5) is 4.20.